The second-order valence-corrected chi connectivity index (χ2v) is 9.05. The van der Waals surface area contributed by atoms with Crippen molar-refractivity contribution in [2.45, 2.75) is 51.3 Å². The van der Waals surface area contributed by atoms with Gasteiger partial charge in [-0.3, -0.25) is 4.79 Å². The molecule has 1 aliphatic rings. The highest BCUT2D eigenvalue weighted by Crippen LogP contribution is 2.37. The van der Waals surface area contributed by atoms with E-state index in [1.165, 1.54) is 29.2 Å². The summed E-state index contributed by atoms with van der Waals surface area (Å²) < 4.78 is 5.54. The zero-order valence-electron chi connectivity index (χ0n) is 19.4. The second kappa shape index (κ2) is 10.4. The van der Waals surface area contributed by atoms with Crippen molar-refractivity contribution in [3.05, 3.63) is 65.7 Å². The Morgan fingerprint density at radius 3 is 2.38 bits per heavy atom. The van der Waals surface area contributed by atoms with Crippen molar-refractivity contribution in [2.24, 2.45) is 0 Å². The number of nitrogens with one attached hydrogen (secondary N) is 2. The summed E-state index contributed by atoms with van der Waals surface area (Å²) in [5.41, 5.74) is 0.507. The first kappa shape index (κ1) is 24.8. The first-order valence-electron chi connectivity index (χ1n) is 11.0. The molecule has 1 fully saturated rings. The van der Waals surface area contributed by atoms with Crippen LogP contribution in [0.5, 0.6) is 0 Å². The van der Waals surface area contributed by atoms with Crippen LogP contribution in [0.15, 0.2) is 54.6 Å². The Balaban J connectivity index is 1.71. The molecule has 3 amide bonds. The summed E-state index contributed by atoms with van der Waals surface area (Å²) in [4.78, 5) is 51.0. The van der Waals surface area contributed by atoms with E-state index in [0.717, 1.165) is 5.56 Å². The number of aromatic carboxylic acids is 1. The van der Waals surface area contributed by atoms with Gasteiger partial charge in [0.15, 0.2) is 0 Å². The predicted octanol–water partition coefficient (Wildman–Crippen LogP) is 3.58. The lowest BCUT2D eigenvalue weighted by Gasteiger charge is -2.31. The number of carbonyl (C=O) groups excluding carboxylic acids is 3. The Bertz CT molecular complexity index is 1060. The monoisotopic (exact) mass is 467 g/mol. The number of urea groups is 1. The van der Waals surface area contributed by atoms with Gasteiger partial charge in [-0.25, -0.2) is 14.4 Å². The van der Waals surface area contributed by atoms with Crippen LogP contribution in [0, 0.1) is 0 Å². The summed E-state index contributed by atoms with van der Waals surface area (Å²) in [7, 11) is 0. The number of hydrogen-bond acceptors (Lipinski definition) is 5. The van der Waals surface area contributed by atoms with Crippen LogP contribution < -0.4 is 10.6 Å². The smallest absolute Gasteiger partial charge is 0.335 e. The van der Waals surface area contributed by atoms with E-state index in [2.05, 4.69) is 10.6 Å². The van der Waals surface area contributed by atoms with Crippen molar-refractivity contribution in [1.82, 2.24) is 10.2 Å². The van der Waals surface area contributed by atoms with Crippen molar-refractivity contribution in [3.8, 4) is 0 Å². The lowest BCUT2D eigenvalue weighted by molar-refractivity contribution is -0.164. The van der Waals surface area contributed by atoms with Gasteiger partial charge in [-0.1, -0.05) is 36.4 Å². The number of amides is 3. The van der Waals surface area contributed by atoms with Crippen molar-refractivity contribution in [1.29, 1.82) is 0 Å². The molecule has 180 valence electrons. The number of rotatable bonds is 6. The van der Waals surface area contributed by atoms with Gasteiger partial charge in [-0.2, -0.15) is 0 Å². The van der Waals surface area contributed by atoms with E-state index in [1.807, 2.05) is 30.3 Å². The van der Waals surface area contributed by atoms with E-state index in [1.54, 1.807) is 20.8 Å². The molecule has 9 heteroatoms. The van der Waals surface area contributed by atoms with Crippen LogP contribution in [-0.2, 0) is 14.3 Å². The number of nitrogens with zero attached hydrogens (tertiary/aromatic N) is 1. The van der Waals surface area contributed by atoms with E-state index >= 15 is 0 Å². The van der Waals surface area contributed by atoms with Gasteiger partial charge in [0.05, 0.1) is 18.2 Å². The third-order valence-electron chi connectivity index (χ3n) is 5.30. The average Bonchev–Trinajstić information content (AvgIpc) is 3.23. The highest BCUT2D eigenvalue weighted by atomic mass is 16.6. The molecule has 0 spiro atoms. The fourth-order valence-corrected chi connectivity index (χ4v) is 3.91. The Hall–Kier alpha value is -3.88. The number of esters is 1. The van der Waals surface area contributed by atoms with Crippen LogP contribution >= 0.6 is 0 Å². The van der Waals surface area contributed by atoms with Crippen molar-refractivity contribution in [3.63, 3.8) is 0 Å². The fourth-order valence-electron chi connectivity index (χ4n) is 3.91. The number of benzene rings is 2. The second-order valence-electron chi connectivity index (χ2n) is 9.05. The highest BCUT2D eigenvalue weighted by Gasteiger charge is 2.43. The first-order chi connectivity index (χ1) is 16.0. The molecule has 2 aromatic rings. The van der Waals surface area contributed by atoms with E-state index in [9.17, 15) is 19.2 Å². The van der Waals surface area contributed by atoms with Crippen molar-refractivity contribution in [2.75, 3.05) is 11.9 Å². The van der Waals surface area contributed by atoms with Crippen LogP contribution in [0.1, 0.15) is 55.6 Å². The van der Waals surface area contributed by atoms with Gasteiger partial charge in [-0.15, -0.1) is 0 Å². The lowest BCUT2D eigenvalue weighted by Crippen LogP contribution is -2.48. The molecule has 1 heterocycles. The number of ether oxygens (including phenoxy) is 1. The maximum Gasteiger partial charge on any atom is 0.335 e. The highest BCUT2D eigenvalue weighted by molar-refractivity contribution is 5.95. The quantitative estimate of drug-likeness (QED) is 0.558. The van der Waals surface area contributed by atoms with Gasteiger partial charge >= 0.3 is 18.0 Å². The van der Waals surface area contributed by atoms with Crippen molar-refractivity contribution < 1.29 is 29.0 Å². The zero-order valence-corrected chi connectivity index (χ0v) is 19.4. The van der Waals surface area contributed by atoms with Crippen LogP contribution in [0.4, 0.5) is 10.5 Å². The van der Waals surface area contributed by atoms with E-state index < -0.39 is 35.5 Å². The molecule has 2 aromatic carbocycles. The van der Waals surface area contributed by atoms with Crippen LogP contribution in [0.2, 0.25) is 0 Å². The molecule has 1 saturated heterocycles. The minimum atomic E-state index is -1.12. The maximum atomic E-state index is 13.2. The van der Waals surface area contributed by atoms with Gasteiger partial charge < -0.3 is 25.4 Å². The van der Waals surface area contributed by atoms with Gasteiger partial charge in [0.1, 0.15) is 11.6 Å². The first-order valence-corrected chi connectivity index (χ1v) is 11.0. The number of hydrogen-bond donors (Lipinski definition) is 3. The van der Waals surface area contributed by atoms with Crippen molar-refractivity contribution >= 4 is 29.6 Å². The van der Waals surface area contributed by atoms with Crippen LogP contribution in [0.3, 0.4) is 0 Å². The molecule has 0 bridgehead atoms. The Morgan fingerprint density at radius 2 is 1.74 bits per heavy atom. The summed E-state index contributed by atoms with van der Waals surface area (Å²) in [6, 6.07) is 13.4. The molecule has 0 aliphatic carbocycles. The summed E-state index contributed by atoms with van der Waals surface area (Å²) in [5, 5.41) is 14.1. The van der Waals surface area contributed by atoms with E-state index in [4.69, 9.17) is 9.84 Å². The number of carboxylic acids is 1. The molecule has 3 rings (SSSR count). The standard InChI is InChI=1S/C25H29N3O6/c1-25(2,3)34-23(32)20-13-12-19(16-8-5-4-6-9-16)28(20)21(29)15-26-24(33)27-18-11-7-10-17(14-18)22(30)31/h4-11,14,19-20H,12-13,15H2,1-3H3,(H,30,31)(H2,26,27,33)/t19-,20+/m0/s1. The summed E-state index contributed by atoms with van der Waals surface area (Å²) in [5.74, 6) is -2.01. The molecule has 0 radical (unpaired) electrons. The Kier molecular flexibility index (Phi) is 7.55. The van der Waals surface area contributed by atoms with Gasteiger partial charge in [0.2, 0.25) is 5.91 Å². The topological polar surface area (TPSA) is 125 Å². The fraction of sp³-hybridized carbons (Fsp3) is 0.360. The maximum absolute atomic E-state index is 13.2. The molecular formula is C25H29N3O6. The average molecular weight is 468 g/mol. The number of anilines is 1. The summed E-state index contributed by atoms with van der Waals surface area (Å²) in [6.45, 7) is 4.97. The molecule has 34 heavy (non-hydrogen) atoms. The molecule has 9 nitrogen and oxygen atoms in total. The number of likely N-dealkylation sites (tertiary alicyclic amines) is 1. The summed E-state index contributed by atoms with van der Waals surface area (Å²) >= 11 is 0. The zero-order chi connectivity index (χ0) is 24.9. The van der Waals surface area contributed by atoms with Crippen LogP contribution in [-0.4, -0.2) is 52.1 Å². The molecule has 0 unspecified atom stereocenters. The minimum Gasteiger partial charge on any atom is -0.478 e. The number of carbonyl (C=O) groups is 4. The summed E-state index contributed by atoms with van der Waals surface area (Å²) in [6.07, 6.45) is 1.04. The van der Waals surface area contributed by atoms with Gasteiger partial charge in [0, 0.05) is 5.69 Å². The normalized spacial score (nSPS) is 17.7. The third kappa shape index (κ3) is 6.34. The van der Waals surface area contributed by atoms with E-state index in [-0.39, 0.29) is 23.8 Å². The Labute approximate surface area is 198 Å². The van der Waals surface area contributed by atoms with Gasteiger partial charge in [0.25, 0.3) is 0 Å². The minimum absolute atomic E-state index is 0.0249. The SMILES string of the molecule is CC(C)(C)OC(=O)[C@H]1CC[C@@H](c2ccccc2)N1C(=O)CNC(=O)Nc1cccc(C(=O)O)c1. The van der Waals surface area contributed by atoms with Crippen LogP contribution in [0.25, 0.3) is 0 Å². The van der Waals surface area contributed by atoms with Gasteiger partial charge in [-0.05, 0) is 57.4 Å². The third-order valence-corrected chi connectivity index (χ3v) is 5.30. The molecule has 2 atom stereocenters. The number of carboxylic acid groups (broad SMARTS) is 1. The molecule has 3 N–H and O–H groups in total. The Morgan fingerprint density at radius 1 is 1.03 bits per heavy atom. The molecular weight excluding hydrogens is 438 g/mol. The van der Waals surface area contributed by atoms with E-state index in [0.29, 0.717) is 12.8 Å². The largest absolute Gasteiger partial charge is 0.478 e. The molecule has 1 aliphatic heterocycles. The predicted molar refractivity (Wildman–Crippen MR) is 125 cm³/mol. The molecule has 0 aromatic heterocycles. The molecule has 0 saturated carbocycles. The lowest BCUT2D eigenvalue weighted by atomic mass is 10.0.